The van der Waals surface area contributed by atoms with Crippen molar-refractivity contribution in [2.24, 2.45) is 5.41 Å². The average molecular weight is 362 g/mol. The molecule has 0 bridgehead atoms. The van der Waals surface area contributed by atoms with Crippen LogP contribution < -0.4 is 10.3 Å². The number of H-pyrrole nitrogens is 1. The van der Waals surface area contributed by atoms with Gasteiger partial charge in [-0.05, 0) is 19.3 Å². The second-order valence-electron chi connectivity index (χ2n) is 7.07. The highest BCUT2D eigenvalue weighted by atomic mass is 32.2. The number of aromatic amines is 1. The molecule has 7 nitrogen and oxygen atoms in total. The van der Waals surface area contributed by atoms with Crippen molar-refractivity contribution in [1.82, 2.24) is 19.5 Å². The molecule has 0 amide bonds. The minimum atomic E-state index is 0.00426. The van der Waals surface area contributed by atoms with E-state index in [4.69, 9.17) is 9.47 Å². The van der Waals surface area contributed by atoms with E-state index < -0.39 is 0 Å². The number of nitrogens with zero attached hydrogens (tertiary/aromatic N) is 3. The van der Waals surface area contributed by atoms with Crippen LogP contribution in [0.3, 0.4) is 0 Å². The molecular formula is C17H22N4O3S. The standard InChI is InChI=1S/C17H22N4O3S/c1-17(8-24-9-17)7-21-10-18-15(23-2)13(21)6-25-16-19-12-5-3-4-11(12)14(22)20-16/h10H,3-9H2,1-2H3,(H,19,20,22). The van der Waals surface area contributed by atoms with Crippen molar-refractivity contribution < 1.29 is 9.47 Å². The van der Waals surface area contributed by atoms with E-state index in [1.807, 2.05) is 6.33 Å². The number of imidazole rings is 1. The summed E-state index contributed by atoms with van der Waals surface area (Å²) in [5.41, 5.74) is 2.95. The highest BCUT2D eigenvalue weighted by molar-refractivity contribution is 7.98. The van der Waals surface area contributed by atoms with Crippen LogP contribution in [0.4, 0.5) is 0 Å². The average Bonchev–Trinajstić information content (AvgIpc) is 3.18. The first-order valence-corrected chi connectivity index (χ1v) is 9.47. The topological polar surface area (TPSA) is 82.0 Å². The molecule has 0 aromatic carbocycles. The normalized spacial score (nSPS) is 18.0. The van der Waals surface area contributed by atoms with Gasteiger partial charge in [-0.2, -0.15) is 0 Å². The number of methoxy groups -OCH3 is 1. The minimum Gasteiger partial charge on any atom is -0.480 e. The maximum atomic E-state index is 12.2. The van der Waals surface area contributed by atoms with Gasteiger partial charge in [0.1, 0.15) is 0 Å². The van der Waals surface area contributed by atoms with Gasteiger partial charge < -0.3 is 19.0 Å². The van der Waals surface area contributed by atoms with Crippen LogP contribution in [-0.4, -0.2) is 39.8 Å². The number of hydrogen-bond acceptors (Lipinski definition) is 6. The number of thioether (sulfide) groups is 1. The molecule has 1 N–H and O–H groups in total. The molecule has 0 atom stereocenters. The van der Waals surface area contributed by atoms with Crippen molar-refractivity contribution in [1.29, 1.82) is 0 Å². The maximum Gasteiger partial charge on any atom is 0.254 e. The summed E-state index contributed by atoms with van der Waals surface area (Å²) in [6, 6.07) is 0. The highest BCUT2D eigenvalue weighted by Gasteiger charge is 2.34. The Labute approximate surface area is 150 Å². The Morgan fingerprint density at radius 3 is 3.00 bits per heavy atom. The van der Waals surface area contributed by atoms with Gasteiger partial charge in [-0.1, -0.05) is 18.7 Å². The van der Waals surface area contributed by atoms with Gasteiger partial charge in [0.25, 0.3) is 5.56 Å². The Balaban J connectivity index is 1.53. The fourth-order valence-corrected chi connectivity index (χ4v) is 4.32. The van der Waals surface area contributed by atoms with Crippen LogP contribution in [0.1, 0.15) is 30.3 Å². The molecular weight excluding hydrogens is 340 g/mol. The monoisotopic (exact) mass is 362 g/mol. The number of ether oxygens (including phenoxy) is 2. The third-order valence-corrected chi connectivity index (χ3v) is 5.70. The van der Waals surface area contributed by atoms with Crippen molar-refractivity contribution in [2.75, 3.05) is 20.3 Å². The molecule has 2 aromatic rings. The first-order valence-electron chi connectivity index (χ1n) is 8.49. The van der Waals surface area contributed by atoms with Crippen molar-refractivity contribution in [3.05, 3.63) is 33.6 Å². The fourth-order valence-electron chi connectivity index (χ4n) is 3.42. The van der Waals surface area contributed by atoms with Crippen molar-refractivity contribution in [2.45, 2.75) is 43.6 Å². The van der Waals surface area contributed by atoms with Crippen LogP contribution in [0.2, 0.25) is 0 Å². The van der Waals surface area contributed by atoms with E-state index in [1.54, 1.807) is 7.11 Å². The van der Waals surface area contributed by atoms with Crippen molar-refractivity contribution in [3.63, 3.8) is 0 Å². The zero-order valence-corrected chi connectivity index (χ0v) is 15.3. The molecule has 2 aliphatic rings. The SMILES string of the molecule is COc1ncn(CC2(C)COC2)c1CSc1nc2c(c(=O)[nH]1)CCC2. The molecule has 0 spiro atoms. The summed E-state index contributed by atoms with van der Waals surface area (Å²) in [7, 11) is 1.63. The van der Waals surface area contributed by atoms with Crippen LogP contribution in [0.5, 0.6) is 5.88 Å². The summed E-state index contributed by atoms with van der Waals surface area (Å²) >= 11 is 1.51. The summed E-state index contributed by atoms with van der Waals surface area (Å²) in [5, 5.41) is 0.665. The molecule has 0 unspecified atom stereocenters. The molecule has 25 heavy (non-hydrogen) atoms. The number of nitrogens with one attached hydrogen (secondary N) is 1. The lowest BCUT2D eigenvalue weighted by atomic mass is 9.88. The number of aryl methyl sites for hydroxylation is 1. The Hall–Kier alpha value is -1.80. The smallest absolute Gasteiger partial charge is 0.254 e. The predicted octanol–water partition coefficient (Wildman–Crippen LogP) is 1.79. The second-order valence-corrected chi connectivity index (χ2v) is 8.03. The quantitative estimate of drug-likeness (QED) is 0.623. The van der Waals surface area contributed by atoms with Gasteiger partial charge in [0.05, 0.1) is 38.0 Å². The van der Waals surface area contributed by atoms with Crippen molar-refractivity contribution >= 4 is 11.8 Å². The zero-order chi connectivity index (χ0) is 17.4. The van der Waals surface area contributed by atoms with Crippen LogP contribution in [0, 0.1) is 5.41 Å². The summed E-state index contributed by atoms with van der Waals surface area (Å²) in [6.07, 6.45) is 4.56. The molecule has 8 heteroatoms. The molecule has 134 valence electrons. The molecule has 4 rings (SSSR count). The Morgan fingerprint density at radius 2 is 2.28 bits per heavy atom. The van der Waals surface area contributed by atoms with Gasteiger partial charge in [0.15, 0.2) is 5.16 Å². The summed E-state index contributed by atoms with van der Waals surface area (Å²) in [5.74, 6) is 1.27. The summed E-state index contributed by atoms with van der Waals surface area (Å²) in [4.78, 5) is 24.0. The van der Waals surface area contributed by atoms with Crippen LogP contribution in [-0.2, 0) is 29.9 Å². The largest absolute Gasteiger partial charge is 0.480 e. The van der Waals surface area contributed by atoms with Gasteiger partial charge in [-0.15, -0.1) is 0 Å². The predicted molar refractivity (Wildman–Crippen MR) is 94.1 cm³/mol. The van der Waals surface area contributed by atoms with Crippen molar-refractivity contribution in [3.8, 4) is 5.88 Å². The Kier molecular flexibility index (Phi) is 4.33. The molecule has 1 aliphatic heterocycles. The highest BCUT2D eigenvalue weighted by Crippen LogP contribution is 2.32. The Bertz CT molecular complexity index is 841. The first-order chi connectivity index (χ1) is 12.1. The van der Waals surface area contributed by atoms with Gasteiger partial charge in [-0.3, -0.25) is 4.79 Å². The first kappa shape index (κ1) is 16.7. The fraction of sp³-hybridized carbons (Fsp3) is 0.588. The van der Waals surface area contributed by atoms with E-state index in [1.165, 1.54) is 11.8 Å². The maximum absolute atomic E-state index is 12.2. The molecule has 1 saturated heterocycles. The van der Waals surface area contributed by atoms with E-state index in [0.29, 0.717) is 16.8 Å². The van der Waals surface area contributed by atoms with Gasteiger partial charge in [0, 0.05) is 23.3 Å². The summed E-state index contributed by atoms with van der Waals surface area (Å²) in [6.45, 7) is 4.58. The van der Waals surface area contributed by atoms with E-state index in [2.05, 4.69) is 26.4 Å². The van der Waals surface area contributed by atoms with Gasteiger partial charge >= 0.3 is 0 Å². The lowest BCUT2D eigenvalue weighted by Gasteiger charge is -2.38. The van der Waals surface area contributed by atoms with Crippen LogP contribution >= 0.6 is 11.8 Å². The lowest BCUT2D eigenvalue weighted by molar-refractivity contribution is -0.110. The van der Waals surface area contributed by atoms with Crippen LogP contribution in [0.25, 0.3) is 0 Å². The van der Waals surface area contributed by atoms with Crippen LogP contribution in [0.15, 0.2) is 16.3 Å². The summed E-state index contributed by atoms with van der Waals surface area (Å²) < 4.78 is 12.9. The van der Waals surface area contributed by atoms with Gasteiger partial charge in [-0.25, -0.2) is 9.97 Å². The molecule has 1 fully saturated rings. The number of aromatic nitrogens is 4. The van der Waals surface area contributed by atoms with E-state index in [0.717, 1.165) is 56.0 Å². The van der Waals surface area contributed by atoms with E-state index >= 15 is 0 Å². The molecule has 3 heterocycles. The molecule has 2 aromatic heterocycles. The number of hydrogen-bond donors (Lipinski definition) is 1. The number of fused-ring (bicyclic) bond motifs is 1. The lowest BCUT2D eigenvalue weighted by Crippen LogP contribution is -2.43. The Morgan fingerprint density at radius 1 is 1.44 bits per heavy atom. The molecule has 0 saturated carbocycles. The minimum absolute atomic E-state index is 0.00426. The van der Waals surface area contributed by atoms with Gasteiger partial charge in [0.2, 0.25) is 5.88 Å². The zero-order valence-electron chi connectivity index (χ0n) is 14.5. The van der Waals surface area contributed by atoms with E-state index in [-0.39, 0.29) is 11.0 Å². The third kappa shape index (κ3) is 3.20. The second kappa shape index (κ2) is 6.49. The molecule has 1 aliphatic carbocycles. The molecule has 0 radical (unpaired) electrons. The third-order valence-electron chi connectivity index (χ3n) is 4.82. The van der Waals surface area contributed by atoms with E-state index in [9.17, 15) is 4.79 Å². The number of rotatable bonds is 6.